The molecule has 0 aliphatic carbocycles. The van der Waals surface area contributed by atoms with Crippen molar-refractivity contribution in [2.24, 2.45) is 4.40 Å². The molecule has 0 aliphatic heterocycles. The van der Waals surface area contributed by atoms with Crippen molar-refractivity contribution in [3.05, 3.63) is 41.4 Å². The predicted octanol–water partition coefficient (Wildman–Crippen LogP) is 2.80. The second kappa shape index (κ2) is 5.95. The maximum atomic E-state index is 11.8. The van der Waals surface area contributed by atoms with E-state index in [-0.39, 0.29) is 0 Å². The summed E-state index contributed by atoms with van der Waals surface area (Å²) in [4.78, 5) is 4.10. The Kier molecular flexibility index (Phi) is 4.47. The third kappa shape index (κ3) is 3.82. The summed E-state index contributed by atoms with van der Waals surface area (Å²) in [6.07, 6.45) is 3.00. The molecule has 20 heavy (non-hydrogen) atoms. The minimum atomic E-state index is -1.31. The van der Waals surface area contributed by atoms with Gasteiger partial charge in [0.1, 0.15) is 28.7 Å². The molecular formula is C13H15ClN4OS. The molecule has 0 spiro atoms. The zero-order valence-corrected chi connectivity index (χ0v) is 13.0. The third-order valence-corrected chi connectivity index (χ3v) is 3.99. The minimum Gasteiger partial charge on any atom is -0.591 e. The zero-order valence-electron chi connectivity index (χ0n) is 11.4. The van der Waals surface area contributed by atoms with Gasteiger partial charge in [0.05, 0.1) is 5.69 Å². The lowest BCUT2D eigenvalue weighted by Gasteiger charge is -2.17. The molecule has 0 radical (unpaired) electrons. The summed E-state index contributed by atoms with van der Waals surface area (Å²) in [5.74, 6) is 0.414. The Morgan fingerprint density at radius 3 is 2.55 bits per heavy atom. The number of rotatable bonds is 3. The molecule has 2 aromatic rings. The summed E-state index contributed by atoms with van der Waals surface area (Å²) in [7, 11) is 0. The molecule has 1 aromatic carbocycles. The standard InChI is InChI=1S/C13H15ClN4OS/c1-13(2,3)20(19)16-8-12-15-9-18(17-12)11-6-4-10(14)5-7-11/h4-9H,1-3H3. The Bertz CT molecular complexity index is 604. The zero-order chi connectivity index (χ0) is 14.8. The second-order valence-electron chi connectivity index (χ2n) is 5.12. The number of aromatic nitrogens is 3. The van der Waals surface area contributed by atoms with Crippen molar-refractivity contribution in [1.82, 2.24) is 14.8 Å². The van der Waals surface area contributed by atoms with Gasteiger partial charge in [0.25, 0.3) is 0 Å². The maximum absolute atomic E-state index is 11.8. The van der Waals surface area contributed by atoms with Gasteiger partial charge in [0, 0.05) is 5.02 Å². The largest absolute Gasteiger partial charge is 0.591 e. The molecule has 0 bridgehead atoms. The van der Waals surface area contributed by atoms with Crippen LogP contribution in [0.1, 0.15) is 26.6 Å². The number of halogens is 1. The van der Waals surface area contributed by atoms with Crippen LogP contribution in [0.15, 0.2) is 35.0 Å². The van der Waals surface area contributed by atoms with E-state index in [0.29, 0.717) is 10.8 Å². The lowest BCUT2D eigenvalue weighted by Crippen LogP contribution is -2.25. The van der Waals surface area contributed by atoms with Gasteiger partial charge in [-0.3, -0.25) is 0 Å². The SMILES string of the molecule is CC(C)(C)[S+]([O-])N=Cc1ncn(-c2ccc(Cl)cc2)n1. The van der Waals surface area contributed by atoms with E-state index >= 15 is 0 Å². The average molecular weight is 311 g/mol. The highest BCUT2D eigenvalue weighted by molar-refractivity contribution is 7.91. The molecule has 0 fully saturated rings. The molecule has 0 saturated heterocycles. The summed E-state index contributed by atoms with van der Waals surface area (Å²) in [5.41, 5.74) is 0.846. The second-order valence-corrected chi connectivity index (χ2v) is 7.49. The fraction of sp³-hybridized carbons (Fsp3) is 0.308. The van der Waals surface area contributed by atoms with Gasteiger partial charge in [-0.1, -0.05) is 16.0 Å². The average Bonchev–Trinajstić information content (AvgIpc) is 2.84. The molecule has 1 heterocycles. The molecule has 5 nitrogen and oxygen atoms in total. The van der Waals surface area contributed by atoms with Gasteiger partial charge < -0.3 is 4.55 Å². The van der Waals surface area contributed by atoms with Crippen LogP contribution in [0.4, 0.5) is 0 Å². The molecule has 1 unspecified atom stereocenters. The van der Waals surface area contributed by atoms with E-state index in [1.54, 1.807) is 23.1 Å². The van der Waals surface area contributed by atoms with Crippen LogP contribution in [-0.4, -0.2) is 30.3 Å². The monoisotopic (exact) mass is 310 g/mol. The summed E-state index contributed by atoms with van der Waals surface area (Å²) >= 11 is 4.52. The Morgan fingerprint density at radius 1 is 1.30 bits per heavy atom. The smallest absolute Gasteiger partial charge is 0.197 e. The third-order valence-electron chi connectivity index (χ3n) is 2.39. The molecule has 0 saturated carbocycles. The quantitative estimate of drug-likeness (QED) is 0.646. The summed E-state index contributed by atoms with van der Waals surface area (Å²) < 4.78 is 17.0. The molecule has 2 rings (SSSR count). The number of benzene rings is 1. The van der Waals surface area contributed by atoms with Gasteiger partial charge in [-0.15, -0.1) is 5.10 Å². The number of nitrogens with zero attached hydrogens (tertiary/aromatic N) is 4. The Hall–Kier alpha value is -1.37. The van der Waals surface area contributed by atoms with Crippen molar-refractivity contribution in [2.75, 3.05) is 0 Å². The highest BCUT2D eigenvalue weighted by Gasteiger charge is 2.25. The van der Waals surface area contributed by atoms with Crippen molar-refractivity contribution in [1.29, 1.82) is 0 Å². The number of hydrogen-bond donors (Lipinski definition) is 0. The molecule has 106 valence electrons. The van der Waals surface area contributed by atoms with Crippen LogP contribution >= 0.6 is 11.6 Å². The summed E-state index contributed by atoms with van der Waals surface area (Å²) in [6.45, 7) is 5.58. The fourth-order valence-corrected chi connectivity index (χ4v) is 1.94. The van der Waals surface area contributed by atoms with Crippen molar-refractivity contribution in [3.63, 3.8) is 0 Å². The van der Waals surface area contributed by atoms with Crippen LogP contribution < -0.4 is 0 Å². The van der Waals surface area contributed by atoms with Crippen LogP contribution in [0.2, 0.25) is 5.02 Å². The summed E-state index contributed by atoms with van der Waals surface area (Å²) in [6, 6.07) is 7.23. The van der Waals surface area contributed by atoms with Crippen molar-refractivity contribution >= 4 is 29.2 Å². The van der Waals surface area contributed by atoms with E-state index in [9.17, 15) is 4.55 Å². The number of hydrogen-bond acceptors (Lipinski definition) is 4. The molecule has 7 heteroatoms. The van der Waals surface area contributed by atoms with E-state index < -0.39 is 16.1 Å². The molecule has 0 amide bonds. The van der Waals surface area contributed by atoms with Crippen molar-refractivity contribution in [2.45, 2.75) is 25.5 Å². The van der Waals surface area contributed by atoms with Gasteiger partial charge in [0.15, 0.2) is 5.82 Å². The first-order valence-corrected chi connectivity index (χ1v) is 7.48. The Balaban J connectivity index is 2.13. The summed E-state index contributed by atoms with van der Waals surface area (Å²) in [5, 5.41) is 4.91. The minimum absolute atomic E-state index is 0.394. The highest BCUT2D eigenvalue weighted by atomic mass is 35.5. The van der Waals surface area contributed by atoms with Crippen molar-refractivity contribution < 1.29 is 4.55 Å². The van der Waals surface area contributed by atoms with E-state index in [4.69, 9.17) is 11.6 Å². The molecule has 1 atom stereocenters. The van der Waals surface area contributed by atoms with Gasteiger partial charge in [-0.05, 0) is 45.0 Å². The maximum Gasteiger partial charge on any atom is 0.197 e. The van der Waals surface area contributed by atoms with Crippen molar-refractivity contribution in [3.8, 4) is 5.69 Å². The molecule has 0 N–H and O–H groups in total. The fourth-order valence-electron chi connectivity index (χ4n) is 1.31. The van der Waals surface area contributed by atoms with Gasteiger partial charge in [-0.2, -0.15) is 0 Å². The molecule has 0 aliphatic rings. The van der Waals surface area contributed by atoms with Crippen LogP contribution in [-0.2, 0) is 11.4 Å². The van der Waals surface area contributed by atoms with E-state index in [1.807, 2.05) is 32.9 Å². The molecule has 1 aromatic heterocycles. The first-order valence-electron chi connectivity index (χ1n) is 6.00. The predicted molar refractivity (Wildman–Crippen MR) is 81.9 cm³/mol. The van der Waals surface area contributed by atoms with Crippen LogP contribution in [0, 0.1) is 0 Å². The van der Waals surface area contributed by atoms with Crippen LogP contribution in [0.5, 0.6) is 0 Å². The van der Waals surface area contributed by atoms with Gasteiger partial charge in [-0.25, -0.2) is 9.67 Å². The van der Waals surface area contributed by atoms with Crippen LogP contribution in [0.3, 0.4) is 0 Å². The topological polar surface area (TPSA) is 66.1 Å². The van der Waals surface area contributed by atoms with Crippen LogP contribution in [0.25, 0.3) is 5.69 Å². The first kappa shape index (κ1) is 15.0. The van der Waals surface area contributed by atoms with Gasteiger partial charge >= 0.3 is 0 Å². The lowest BCUT2D eigenvalue weighted by atomic mass is 10.3. The first-order chi connectivity index (χ1) is 9.36. The Morgan fingerprint density at radius 2 is 1.95 bits per heavy atom. The van der Waals surface area contributed by atoms with E-state index in [0.717, 1.165) is 5.69 Å². The highest BCUT2D eigenvalue weighted by Crippen LogP contribution is 2.16. The van der Waals surface area contributed by atoms with E-state index in [2.05, 4.69) is 14.5 Å². The van der Waals surface area contributed by atoms with Gasteiger partial charge in [0.2, 0.25) is 0 Å². The Labute approximate surface area is 126 Å². The normalized spacial score (nSPS) is 13.8. The molecular weight excluding hydrogens is 296 g/mol. The lowest BCUT2D eigenvalue weighted by molar-refractivity contribution is 0.561. The van der Waals surface area contributed by atoms with E-state index in [1.165, 1.54) is 6.21 Å².